The molecule has 0 saturated carbocycles. The Morgan fingerprint density at radius 2 is 1.89 bits per heavy atom. The van der Waals surface area contributed by atoms with Gasteiger partial charge in [-0.1, -0.05) is 25.1 Å². The van der Waals surface area contributed by atoms with E-state index in [0.717, 1.165) is 0 Å². The molecule has 0 aliphatic rings. The van der Waals surface area contributed by atoms with Crippen LogP contribution in [0.4, 0.5) is 0 Å². The van der Waals surface area contributed by atoms with Crippen molar-refractivity contribution in [2.75, 3.05) is 7.05 Å². The van der Waals surface area contributed by atoms with Crippen LogP contribution in [0.15, 0.2) is 17.5 Å². The summed E-state index contributed by atoms with van der Waals surface area (Å²) in [6, 6.07) is 0. The molecule has 0 spiro atoms. The molecule has 3 heteroatoms. The Bertz CT molecular complexity index is 78.4. The monoisotopic (exact) mass is 129 g/mol. The minimum atomic E-state index is 1.42. The Kier molecular flexibility index (Phi) is 12.5. The lowest BCUT2D eigenvalue weighted by atomic mass is 10.7. The first-order valence-corrected chi connectivity index (χ1v) is 3.04. The Hall–Kier alpha value is -0.860. The number of allylic oxidation sites excluding steroid dienone is 1. The van der Waals surface area contributed by atoms with Gasteiger partial charge in [0.15, 0.2) is 0 Å². The van der Waals surface area contributed by atoms with Crippen LogP contribution in [-0.4, -0.2) is 12.1 Å². The van der Waals surface area contributed by atoms with E-state index in [4.69, 9.17) is 5.53 Å². The van der Waals surface area contributed by atoms with E-state index in [-0.39, 0.29) is 0 Å². The standard InChI is InChI=1S/C4H9N3.C2H6/c1-3-4-7(2)6-5;1-2/h3-5H,1-2H3;1-2H3/b4-3-,6-5?;. The molecule has 0 bridgehead atoms. The summed E-state index contributed by atoms with van der Waals surface area (Å²) in [5, 5.41) is 4.49. The highest BCUT2D eigenvalue weighted by Gasteiger charge is 1.74. The molecule has 0 rings (SSSR count). The van der Waals surface area contributed by atoms with E-state index in [1.165, 1.54) is 5.01 Å². The van der Waals surface area contributed by atoms with Crippen molar-refractivity contribution in [3.05, 3.63) is 12.3 Å². The fourth-order valence-corrected chi connectivity index (χ4v) is 0.249. The van der Waals surface area contributed by atoms with Gasteiger partial charge in [-0.25, -0.2) is 0 Å². The van der Waals surface area contributed by atoms with Gasteiger partial charge < -0.3 is 0 Å². The first-order valence-electron chi connectivity index (χ1n) is 3.04. The van der Waals surface area contributed by atoms with Gasteiger partial charge in [-0.2, -0.15) is 5.53 Å². The predicted octanol–water partition coefficient (Wildman–Crippen LogP) is 2.42. The molecule has 0 aromatic carbocycles. The van der Waals surface area contributed by atoms with Gasteiger partial charge in [0, 0.05) is 13.2 Å². The summed E-state index contributed by atoms with van der Waals surface area (Å²) < 4.78 is 0. The molecule has 0 atom stereocenters. The Morgan fingerprint density at radius 1 is 1.44 bits per heavy atom. The maximum absolute atomic E-state index is 6.41. The summed E-state index contributed by atoms with van der Waals surface area (Å²) >= 11 is 0. The molecule has 0 aromatic rings. The zero-order chi connectivity index (χ0) is 7.70. The van der Waals surface area contributed by atoms with Gasteiger partial charge in [0.1, 0.15) is 0 Å². The minimum Gasteiger partial charge on any atom is -0.258 e. The van der Waals surface area contributed by atoms with E-state index in [1.807, 2.05) is 26.8 Å². The van der Waals surface area contributed by atoms with Crippen molar-refractivity contribution < 1.29 is 0 Å². The van der Waals surface area contributed by atoms with Crippen LogP contribution in [0, 0.1) is 5.53 Å². The summed E-state index contributed by atoms with van der Waals surface area (Å²) in [5.41, 5.74) is 6.41. The number of rotatable bonds is 2. The highest BCUT2D eigenvalue weighted by Crippen LogP contribution is 1.80. The predicted molar refractivity (Wildman–Crippen MR) is 39.1 cm³/mol. The van der Waals surface area contributed by atoms with Crippen molar-refractivity contribution in [1.82, 2.24) is 5.01 Å². The third kappa shape index (κ3) is 11.0. The van der Waals surface area contributed by atoms with E-state index >= 15 is 0 Å². The second kappa shape index (κ2) is 10.2. The van der Waals surface area contributed by atoms with Crippen LogP contribution in [0.2, 0.25) is 0 Å². The van der Waals surface area contributed by atoms with E-state index in [2.05, 4.69) is 5.22 Å². The Balaban J connectivity index is 0. The number of nitrogens with zero attached hydrogens (tertiary/aromatic N) is 2. The van der Waals surface area contributed by atoms with E-state index in [1.54, 1.807) is 13.2 Å². The fraction of sp³-hybridized carbons (Fsp3) is 0.667. The van der Waals surface area contributed by atoms with Gasteiger partial charge in [0.25, 0.3) is 0 Å². The van der Waals surface area contributed by atoms with Crippen molar-refractivity contribution in [2.24, 2.45) is 5.22 Å². The lowest BCUT2D eigenvalue weighted by molar-refractivity contribution is 0.440. The third-order valence-electron chi connectivity index (χ3n) is 0.523. The van der Waals surface area contributed by atoms with Crippen LogP contribution >= 0.6 is 0 Å². The Morgan fingerprint density at radius 3 is 2.00 bits per heavy atom. The van der Waals surface area contributed by atoms with Crippen LogP contribution < -0.4 is 0 Å². The van der Waals surface area contributed by atoms with Crippen molar-refractivity contribution in [1.29, 1.82) is 5.53 Å². The molecular weight excluding hydrogens is 114 g/mol. The maximum Gasteiger partial charge on any atom is 0.0313 e. The smallest absolute Gasteiger partial charge is 0.0313 e. The van der Waals surface area contributed by atoms with Crippen LogP contribution in [-0.2, 0) is 0 Å². The quantitative estimate of drug-likeness (QED) is 0.451. The lowest BCUT2D eigenvalue weighted by Gasteiger charge is -1.98. The normalized spacial score (nSPS) is 8.00. The zero-order valence-electron chi connectivity index (χ0n) is 6.55. The molecule has 0 amide bonds. The molecule has 1 N–H and O–H groups in total. The highest BCUT2D eigenvalue weighted by atomic mass is 15.5. The summed E-state index contributed by atoms with van der Waals surface area (Å²) in [6.45, 7) is 5.88. The molecule has 0 fully saturated rings. The van der Waals surface area contributed by atoms with Gasteiger partial charge >= 0.3 is 0 Å². The Labute approximate surface area is 56.8 Å². The SMILES string of the molecule is C/C=C\N(C)N=N.CC. The minimum absolute atomic E-state index is 1.42. The van der Waals surface area contributed by atoms with Gasteiger partial charge in [0.05, 0.1) is 0 Å². The van der Waals surface area contributed by atoms with Crippen LogP contribution in [0.5, 0.6) is 0 Å². The molecular formula is C6H15N3. The van der Waals surface area contributed by atoms with Gasteiger partial charge in [-0.3, -0.25) is 5.01 Å². The topological polar surface area (TPSA) is 39.5 Å². The van der Waals surface area contributed by atoms with Crippen LogP contribution in [0.1, 0.15) is 20.8 Å². The van der Waals surface area contributed by atoms with Crippen LogP contribution in [0.25, 0.3) is 0 Å². The molecule has 54 valence electrons. The van der Waals surface area contributed by atoms with Gasteiger partial charge in [0.2, 0.25) is 0 Å². The summed E-state index contributed by atoms with van der Waals surface area (Å²) in [7, 11) is 1.70. The molecule has 0 unspecified atom stereocenters. The molecule has 9 heavy (non-hydrogen) atoms. The van der Waals surface area contributed by atoms with Gasteiger partial charge in [-0.05, 0) is 6.92 Å². The first kappa shape index (κ1) is 11.0. The zero-order valence-corrected chi connectivity index (χ0v) is 6.55. The lowest BCUT2D eigenvalue weighted by Crippen LogP contribution is -1.96. The molecule has 0 saturated heterocycles. The highest BCUT2D eigenvalue weighted by molar-refractivity contribution is 4.71. The van der Waals surface area contributed by atoms with E-state index < -0.39 is 0 Å². The van der Waals surface area contributed by atoms with Crippen LogP contribution in [0.3, 0.4) is 0 Å². The number of hydrogen-bond donors (Lipinski definition) is 1. The number of hydrogen-bond acceptors (Lipinski definition) is 2. The molecule has 0 aliphatic heterocycles. The summed E-state index contributed by atoms with van der Waals surface area (Å²) in [4.78, 5) is 0. The van der Waals surface area contributed by atoms with E-state index in [9.17, 15) is 0 Å². The maximum atomic E-state index is 6.41. The second-order valence-corrected chi connectivity index (χ2v) is 1.16. The van der Waals surface area contributed by atoms with Crippen molar-refractivity contribution in [3.63, 3.8) is 0 Å². The summed E-state index contributed by atoms with van der Waals surface area (Å²) in [5.74, 6) is 0. The average molecular weight is 129 g/mol. The summed E-state index contributed by atoms with van der Waals surface area (Å²) in [6.07, 6.45) is 3.52. The van der Waals surface area contributed by atoms with Crippen molar-refractivity contribution >= 4 is 0 Å². The van der Waals surface area contributed by atoms with E-state index in [0.29, 0.717) is 0 Å². The molecule has 0 aliphatic carbocycles. The second-order valence-electron chi connectivity index (χ2n) is 1.16. The molecule has 0 heterocycles. The molecule has 3 nitrogen and oxygen atoms in total. The first-order chi connectivity index (χ1) is 4.31. The molecule has 0 aromatic heterocycles. The fourth-order valence-electron chi connectivity index (χ4n) is 0.249. The van der Waals surface area contributed by atoms with Gasteiger partial charge in [-0.15, -0.1) is 0 Å². The van der Waals surface area contributed by atoms with Crippen molar-refractivity contribution in [2.45, 2.75) is 20.8 Å². The largest absolute Gasteiger partial charge is 0.258 e. The van der Waals surface area contributed by atoms with Crippen molar-refractivity contribution in [3.8, 4) is 0 Å². The molecule has 0 radical (unpaired) electrons. The third-order valence-corrected chi connectivity index (χ3v) is 0.523. The number of nitrogens with one attached hydrogen (secondary N) is 1. The average Bonchev–Trinajstić information content (AvgIpc) is 1.93.